The Bertz CT molecular complexity index is 1680. The van der Waals surface area contributed by atoms with Crippen LogP contribution in [-0.4, -0.2) is 51.3 Å². The number of aromatic nitrogens is 3. The van der Waals surface area contributed by atoms with Crippen LogP contribution in [0.25, 0.3) is 22.2 Å². The summed E-state index contributed by atoms with van der Waals surface area (Å²) in [7, 11) is 0.229. The number of hydrogen-bond acceptors (Lipinski definition) is 7. The summed E-state index contributed by atoms with van der Waals surface area (Å²) in [6.45, 7) is 2.45. The van der Waals surface area contributed by atoms with Gasteiger partial charge in [-0.3, -0.25) is 13.6 Å². The maximum absolute atomic E-state index is 14.2. The van der Waals surface area contributed by atoms with Gasteiger partial charge in [-0.1, -0.05) is 48.2 Å². The van der Waals surface area contributed by atoms with Crippen molar-refractivity contribution in [1.82, 2.24) is 19.9 Å². The van der Waals surface area contributed by atoms with Crippen LogP contribution in [0.1, 0.15) is 56.0 Å². The van der Waals surface area contributed by atoms with Crippen LogP contribution < -0.4 is 16.2 Å². The monoisotopic (exact) mass is 639 g/mol. The van der Waals surface area contributed by atoms with Gasteiger partial charge in [-0.05, 0) is 74.0 Å². The van der Waals surface area contributed by atoms with Gasteiger partial charge in [-0.2, -0.15) is 4.98 Å². The quantitative estimate of drug-likeness (QED) is 0.207. The molecule has 1 aliphatic carbocycles. The molecule has 2 N–H and O–H groups in total. The minimum Gasteiger partial charge on any atom is -0.384 e. The van der Waals surface area contributed by atoms with Crippen LogP contribution in [0.2, 0.25) is 10.0 Å². The fraction of sp³-hybridized carbons (Fsp3) is 0.406. The van der Waals surface area contributed by atoms with Crippen LogP contribution in [0.3, 0.4) is 0 Å². The molecule has 2 aromatic carbocycles. The molecule has 43 heavy (non-hydrogen) atoms. The molecule has 8 nitrogen and oxygen atoms in total. The Balaban J connectivity index is 1.36. The van der Waals surface area contributed by atoms with Crippen molar-refractivity contribution in [2.75, 3.05) is 37.9 Å². The zero-order valence-electron chi connectivity index (χ0n) is 24.1. The molecule has 1 saturated heterocycles. The van der Waals surface area contributed by atoms with E-state index >= 15 is 0 Å². The van der Waals surface area contributed by atoms with Crippen molar-refractivity contribution in [3.8, 4) is 11.1 Å². The molecule has 1 saturated carbocycles. The predicted octanol–water partition coefficient (Wildman–Crippen LogP) is 6.85. The summed E-state index contributed by atoms with van der Waals surface area (Å²) in [6, 6.07) is 13.5. The molecular weight excluding hydrogens is 605 g/mol. The van der Waals surface area contributed by atoms with E-state index in [1.807, 2.05) is 0 Å². The van der Waals surface area contributed by atoms with Gasteiger partial charge in [0.05, 0.1) is 38.8 Å². The molecule has 2 atom stereocenters. The zero-order chi connectivity index (χ0) is 29.9. The van der Waals surface area contributed by atoms with Gasteiger partial charge in [0.1, 0.15) is 5.65 Å². The number of methoxy groups -OCH3 is 1. The second kappa shape index (κ2) is 13.4. The van der Waals surface area contributed by atoms with Crippen molar-refractivity contribution in [2.45, 2.75) is 55.4 Å². The number of nitrogens with one attached hydrogen (secondary N) is 2. The Kier molecular flexibility index (Phi) is 9.45. The first kappa shape index (κ1) is 30.2. The molecule has 0 radical (unpaired) electrons. The van der Waals surface area contributed by atoms with E-state index in [0.717, 1.165) is 44.5 Å². The van der Waals surface area contributed by atoms with E-state index in [4.69, 9.17) is 32.9 Å². The molecule has 6 rings (SSSR count). The molecule has 11 heteroatoms. The fourth-order valence-corrected chi connectivity index (χ4v) is 8.05. The number of rotatable bonds is 9. The normalized spacial score (nSPS) is 18.3. The highest BCUT2D eigenvalue weighted by Crippen LogP contribution is 2.38. The Morgan fingerprint density at radius 2 is 1.81 bits per heavy atom. The van der Waals surface area contributed by atoms with Gasteiger partial charge in [0.15, 0.2) is 0 Å². The van der Waals surface area contributed by atoms with Crippen molar-refractivity contribution < 1.29 is 8.95 Å². The molecule has 2 aliphatic rings. The average Bonchev–Trinajstić information content (AvgIpc) is 3.55. The number of piperidine rings is 1. The third-order valence-corrected chi connectivity index (χ3v) is 10.3. The number of benzene rings is 2. The van der Waals surface area contributed by atoms with E-state index in [-0.39, 0.29) is 21.6 Å². The minimum atomic E-state index is -1.33. The largest absolute Gasteiger partial charge is 0.384 e. The molecule has 0 bridgehead atoms. The Morgan fingerprint density at radius 1 is 1.07 bits per heavy atom. The second-order valence-corrected chi connectivity index (χ2v) is 13.6. The summed E-state index contributed by atoms with van der Waals surface area (Å²) in [5, 5.41) is 8.06. The Morgan fingerprint density at radius 3 is 2.49 bits per heavy atom. The van der Waals surface area contributed by atoms with Crippen molar-refractivity contribution in [3.05, 3.63) is 74.6 Å². The lowest BCUT2D eigenvalue weighted by Gasteiger charge is -2.23. The highest BCUT2D eigenvalue weighted by atomic mass is 35.5. The highest BCUT2D eigenvalue weighted by Gasteiger charge is 2.25. The third kappa shape index (κ3) is 6.51. The summed E-state index contributed by atoms with van der Waals surface area (Å²) < 4.78 is 19.5. The van der Waals surface area contributed by atoms with Gasteiger partial charge in [-0.15, -0.1) is 0 Å². The molecule has 4 aromatic rings. The van der Waals surface area contributed by atoms with Gasteiger partial charge in [-0.25, -0.2) is 4.98 Å². The van der Waals surface area contributed by atoms with Crippen LogP contribution >= 0.6 is 23.2 Å². The van der Waals surface area contributed by atoms with Crippen LogP contribution in [0, 0.1) is 0 Å². The van der Waals surface area contributed by atoms with Crippen molar-refractivity contribution in [1.29, 1.82) is 0 Å². The number of anilines is 2. The van der Waals surface area contributed by atoms with Gasteiger partial charge in [0, 0.05) is 47.4 Å². The van der Waals surface area contributed by atoms with Crippen LogP contribution in [0.5, 0.6) is 0 Å². The standard InChI is InChI=1S/C32H35Cl2N5O3S/c1-42-13-14-43(41)25-16-27(33)29(28(34)17-25)26-15-22-19-36-32(38-30(22)39(31(26)40)24-6-2-3-7-24)37-23-10-8-20(9-11-23)21-5-4-12-35-18-21/h8-11,15-17,19,21,24,35H,2-7,12-14,18H2,1H3,(H,36,37,38). The van der Waals surface area contributed by atoms with Crippen LogP contribution in [0.15, 0.2) is 58.4 Å². The molecule has 3 heterocycles. The summed E-state index contributed by atoms with van der Waals surface area (Å²) in [5.41, 5.74) is 3.39. The second-order valence-electron chi connectivity index (χ2n) is 11.2. The van der Waals surface area contributed by atoms with E-state index in [1.54, 1.807) is 36.1 Å². The summed E-state index contributed by atoms with van der Waals surface area (Å²) in [6.07, 6.45) is 8.00. The lowest BCUT2D eigenvalue weighted by Crippen LogP contribution is -2.28. The molecule has 226 valence electrons. The SMILES string of the molecule is COCCS(=O)c1cc(Cl)c(-c2cc3cnc(Nc4ccc(C5CCCNC5)cc4)nc3n(C3CCCC3)c2=O)c(Cl)c1. The van der Waals surface area contributed by atoms with Crippen molar-refractivity contribution in [2.24, 2.45) is 0 Å². The number of halogens is 2. The van der Waals surface area contributed by atoms with Crippen LogP contribution in [0.4, 0.5) is 11.6 Å². The first-order chi connectivity index (χ1) is 20.9. The van der Waals surface area contributed by atoms with Crippen molar-refractivity contribution >= 4 is 56.7 Å². The van der Waals surface area contributed by atoms with Gasteiger partial charge < -0.3 is 15.4 Å². The first-order valence-corrected chi connectivity index (χ1v) is 16.9. The zero-order valence-corrected chi connectivity index (χ0v) is 26.4. The third-order valence-electron chi connectivity index (χ3n) is 8.42. The first-order valence-electron chi connectivity index (χ1n) is 14.8. The smallest absolute Gasteiger partial charge is 0.260 e. The maximum Gasteiger partial charge on any atom is 0.260 e. The number of hydrogen-bond donors (Lipinski definition) is 2. The van der Waals surface area contributed by atoms with Gasteiger partial charge in [0.2, 0.25) is 5.95 Å². The van der Waals surface area contributed by atoms with E-state index < -0.39 is 10.8 Å². The Labute approximate surface area is 263 Å². The Hall–Kier alpha value is -2.82. The predicted molar refractivity (Wildman–Crippen MR) is 174 cm³/mol. The number of ether oxygens (including phenoxy) is 1. The van der Waals surface area contributed by atoms with Gasteiger partial charge in [0.25, 0.3) is 5.56 Å². The summed E-state index contributed by atoms with van der Waals surface area (Å²) >= 11 is 13.4. The molecule has 2 fully saturated rings. The maximum atomic E-state index is 14.2. The molecule has 2 unspecified atom stereocenters. The molecule has 1 aliphatic heterocycles. The van der Waals surface area contributed by atoms with E-state index in [1.165, 1.54) is 18.4 Å². The highest BCUT2D eigenvalue weighted by molar-refractivity contribution is 7.85. The van der Waals surface area contributed by atoms with Crippen molar-refractivity contribution in [3.63, 3.8) is 0 Å². The number of fused-ring (bicyclic) bond motifs is 1. The van der Waals surface area contributed by atoms with E-state index in [0.29, 0.717) is 51.3 Å². The van der Waals surface area contributed by atoms with E-state index in [2.05, 4.69) is 39.9 Å². The number of pyridine rings is 1. The lowest BCUT2D eigenvalue weighted by atomic mass is 9.92. The number of nitrogens with zero attached hydrogens (tertiary/aromatic N) is 3. The van der Waals surface area contributed by atoms with Crippen LogP contribution in [-0.2, 0) is 15.5 Å². The molecular formula is C32H35Cl2N5O3S. The van der Waals surface area contributed by atoms with E-state index in [9.17, 15) is 9.00 Å². The topological polar surface area (TPSA) is 98.1 Å². The minimum absolute atomic E-state index is 0.0134. The molecule has 0 spiro atoms. The molecule has 2 aromatic heterocycles. The molecule has 0 amide bonds. The summed E-state index contributed by atoms with van der Waals surface area (Å²) in [4.78, 5) is 24.1. The summed E-state index contributed by atoms with van der Waals surface area (Å²) in [5.74, 6) is 1.28. The average molecular weight is 641 g/mol. The van der Waals surface area contributed by atoms with Gasteiger partial charge >= 0.3 is 0 Å². The lowest BCUT2D eigenvalue weighted by molar-refractivity contribution is 0.218. The fourth-order valence-electron chi connectivity index (χ4n) is 6.18.